The van der Waals surface area contributed by atoms with Gasteiger partial charge >= 0.3 is 6.61 Å². The second-order valence-corrected chi connectivity index (χ2v) is 8.64. The minimum absolute atomic E-state index is 0.00491. The second-order valence-electron chi connectivity index (χ2n) is 7.31. The fourth-order valence-electron chi connectivity index (χ4n) is 3.70. The van der Waals surface area contributed by atoms with Gasteiger partial charge in [-0.25, -0.2) is 9.97 Å². The quantitative estimate of drug-likeness (QED) is 0.195. The lowest BCUT2D eigenvalue weighted by Crippen LogP contribution is -2.15. The maximum absolute atomic E-state index is 13.3. The van der Waals surface area contributed by atoms with Gasteiger partial charge in [0.15, 0.2) is 5.78 Å². The molecule has 1 unspecified atom stereocenters. The van der Waals surface area contributed by atoms with Crippen molar-refractivity contribution in [1.29, 1.82) is 0 Å². The number of alkyl halides is 2. The fraction of sp³-hybridized carbons (Fsp3) is 0.208. The van der Waals surface area contributed by atoms with Crippen molar-refractivity contribution in [2.75, 3.05) is 0 Å². The van der Waals surface area contributed by atoms with E-state index in [1.165, 1.54) is 30.2 Å². The van der Waals surface area contributed by atoms with Crippen molar-refractivity contribution in [2.45, 2.75) is 37.7 Å². The molecule has 4 rings (SSSR count). The van der Waals surface area contributed by atoms with Gasteiger partial charge in [0.1, 0.15) is 17.1 Å². The van der Waals surface area contributed by atoms with Crippen LogP contribution in [0.4, 0.5) is 8.78 Å². The number of halogens is 2. The minimum Gasteiger partial charge on any atom is -0.435 e. The van der Waals surface area contributed by atoms with E-state index in [1.54, 1.807) is 12.1 Å². The molecule has 2 aromatic carbocycles. The Morgan fingerprint density at radius 2 is 1.78 bits per heavy atom. The van der Waals surface area contributed by atoms with Gasteiger partial charge in [-0.3, -0.25) is 4.79 Å². The highest BCUT2D eigenvalue weighted by molar-refractivity contribution is 8.00. The monoisotopic (exact) mass is 453 g/mol. The Morgan fingerprint density at radius 1 is 1.06 bits per heavy atom. The van der Waals surface area contributed by atoms with Gasteiger partial charge in [-0.2, -0.15) is 8.78 Å². The number of hydrogen-bond donors (Lipinski definition) is 0. The van der Waals surface area contributed by atoms with Crippen molar-refractivity contribution in [3.05, 3.63) is 77.9 Å². The number of hydrogen-bond acceptors (Lipinski definition) is 5. The number of ketones is 1. The van der Waals surface area contributed by atoms with Gasteiger partial charge in [-0.15, -0.1) is 0 Å². The first-order chi connectivity index (χ1) is 15.3. The largest absolute Gasteiger partial charge is 0.435 e. The highest BCUT2D eigenvalue weighted by atomic mass is 32.2. The lowest BCUT2D eigenvalue weighted by Gasteiger charge is -2.13. The molecule has 8 heteroatoms. The molecule has 0 aliphatic carbocycles. The molecule has 0 saturated heterocycles. The number of carbonyl (C=O) groups excluding carboxylic acids is 1. The Labute approximate surface area is 188 Å². The highest BCUT2D eigenvalue weighted by Gasteiger charge is 2.23. The molecule has 1 atom stereocenters. The van der Waals surface area contributed by atoms with Crippen molar-refractivity contribution >= 4 is 28.4 Å². The number of aryl methyl sites for hydroxylation is 1. The molecule has 0 bridgehead atoms. The topological polar surface area (TPSA) is 57.0 Å². The van der Waals surface area contributed by atoms with E-state index in [2.05, 4.69) is 14.7 Å². The summed E-state index contributed by atoms with van der Waals surface area (Å²) >= 11 is 1.41. The Kier molecular flexibility index (Phi) is 6.23. The van der Waals surface area contributed by atoms with E-state index < -0.39 is 6.61 Å². The third kappa shape index (κ3) is 4.36. The summed E-state index contributed by atoms with van der Waals surface area (Å²) in [5.41, 5.74) is 3.88. The molecule has 0 spiro atoms. The standard InChI is InChI=1S/C24H21F2N3O2S/c1-14-12-20(15(2)29(14)17-8-10-18(11-9-17)31-24(25)26)22(30)16(3)32-23-19-6-4-5-7-21(19)27-13-28-23/h4-13,16,24H,1-3H3. The van der Waals surface area contributed by atoms with E-state index in [0.717, 1.165) is 33.0 Å². The third-order valence-electron chi connectivity index (χ3n) is 5.18. The smallest absolute Gasteiger partial charge is 0.387 e. The Balaban J connectivity index is 1.59. The van der Waals surface area contributed by atoms with E-state index in [0.29, 0.717) is 5.56 Å². The zero-order valence-electron chi connectivity index (χ0n) is 17.8. The zero-order valence-corrected chi connectivity index (χ0v) is 18.6. The first-order valence-corrected chi connectivity index (χ1v) is 10.9. The summed E-state index contributed by atoms with van der Waals surface area (Å²) in [6.45, 7) is 2.78. The Hall–Kier alpha value is -3.26. The van der Waals surface area contributed by atoms with Gasteiger partial charge < -0.3 is 9.30 Å². The van der Waals surface area contributed by atoms with Crippen LogP contribution in [0.1, 0.15) is 28.7 Å². The minimum atomic E-state index is -2.87. The summed E-state index contributed by atoms with van der Waals surface area (Å²) in [6, 6.07) is 15.9. The first-order valence-electron chi connectivity index (χ1n) is 10.00. The molecule has 0 radical (unpaired) electrons. The zero-order chi connectivity index (χ0) is 22.8. The van der Waals surface area contributed by atoms with Crippen molar-refractivity contribution in [1.82, 2.24) is 14.5 Å². The molecular formula is C24H21F2N3O2S. The van der Waals surface area contributed by atoms with Crippen LogP contribution in [-0.2, 0) is 0 Å². The maximum atomic E-state index is 13.3. The molecule has 0 fully saturated rings. The molecule has 5 nitrogen and oxygen atoms in total. The number of benzene rings is 2. The van der Waals surface area contributed by atoms with Gasteiger partial charge in [-0.1, -0.05) is 30.0 Å². The van der Waals surface area contributed by atoms with Crippen LogP contribution in [0.15, 0.2) is 66.0 Å². The Bertz CT molecular complexity index is 1270. The number of para-hydroxylation sites is 1. The van der Waals surface area contributed by atoms with Crippen molar-refractivity contribution in [3.63, 3.8) is 0 Å². The summed E-state index contributed by atoms with van der Waals surface area (Å²) in [5, 5.41) is 1.32. The van der Waals surface area contributed by atoms with Crippen molar-refractivity contribution < 1.29 is 18.3 Å². The maximum Gasteiger partial charge on any atom is 0.387 e. The number of fused-ring (bicyclic) bond motifs is 1. The molecule has 2 aromatic heterocycles. The number of aromatic nitrogens is 3. The summed E-state index contributed by atoms with van der Waals surface area (Å²) in [4.78, 5) is 21.9. The summed E-state index contributed by atoms with van der Waals surface area (Å²) in [6.07, 6.45) is 1.51. The predicted octanol–water partition coefficient (Wildman–Crippen LogP) is 6.00. The second kappa shape index (κ2) is 9.08. The van der Waals surface area contributed by atoms with E-state index in [1.807, 2.05) is 55.7 Å². The van der Waals surface area contributed by atoms with Gasteiger partial charge in [0, 0.05) is 28.0 Å². The van der Waals surface area contributed by atoms with Crippen LogP contribution in [0.2, 0.25) is 0 Å². The molecule has 0 aliphatic heterocycles. The number of carbonyl (C=O) groups is 1. The van der Waals surface area contributed by atoms with Crippen LogP contribution in [0.25, 0.3) is 16.6 Å². The number of thioether (sulfide) groups is 1. The molecule has 0 aliphatic rings. The van der Waals surface area contributed by atoms with Gasteiger partial charge in [0.2, 0.25) is 0 Å². The third-order valence-corrected chi connectivity index (χ3v) is 6.30. The van der Waals surface area contributed by atoms with E-state index in [-0.39, 0.29) is 16.8 Å². The molecule has 0 saturated carbocycles. The van der Waals surface area contributed by atoms with Crippen LogP contribution < -0.4 is 4.74 Å². The van der Waals surface area contributed by atoms with Gasteiger partial charge in [-0.05, 0) is 57.2 Å². The van der Waals surface area contributed by atoms with Gasteiger partial charge in [0.25, 0.3) is 0 Å². The molecule has 4 aromatic rings. The summed E-state index contributed by atoms with van der Waals surface area (Å²) in [7, 11) is 0. The molecule has 164 valence electrons. The summed E-state index contributed by atoms with van der Waals surface area (Å²) in [5.74, 6) is 0.0827. The van der Waals surface area contributed by atoms with Crippen molar-refractivity contribution in [2.24, 2.45) is 0 Å². The van der Waals surface area contributed by atoms with E-state index in [4.69, 9.17) is 0 Å². The Morgan fingerprint density at radius 3 is 2.50 bits per heavy atom. The fourth-order valence-corrected chi connectivity index (χ4v) is 4.68. The number of ether oxygens (including phenoxy) is 1. The lowest BCUT2D eigenvalue weighted by molar-refractivity contribution is -0.0498. The SMILES string of the molecule is Cc1cc(C(=O)C(C)Sc2ncnc3ccccc23)c(C)n1-c1ccc(OC(F)F)cc1. The van der Waals surface area contributed by atoms with Crippen molar-refractivity contribution in [3.8, 4) is 11.4 Å². The van der Waals surface area contributed by atoms with Crippen LogP contribution in [-0.4, -0.2) is 32.2 Å². The average Bonchev–Trinajstić information content (AvgIpc) is 3.07. The molecular weight excluding hydrogens is 432 g/mol. The number of rotatable bonds is 7. The van der Waals surface area contributed by atoms with Crippen LogP contribution in [0, 0.1) is 13.8 Å². The van der Waals surface area contributed by atoms with Crippen LogP contribution in [0.5, 0.6) is 5.75 Å². The average molecular weight is 454 g/mol. The first kappa shape index (κ1) is 22.0. The number of Topliss-reactive ketones (excluding diaryl/α,β-unsaturated/α-hetero) is 1. The summed E-state index contributed by atoms with van der Waals surface area (Å²) < 4.78 is 31.2. The van der Waals surface area contributed by atoms with Crippen LogP contribution >= 0.6 is 11.8 Å². The molecule has 0 amide bonds. The molecule has 2 heterocycles. The highest BCUT2D eigenvalue weighted by Crippen LogP contribution is 2.31. The molecule has 32 heavy (non-hydrogen) atoms. The van der Waals surface area contributed by atoms with E-state index in [9.17, 15) is 13.6 Å². The van der Waals surface area contributed by atoms with Gasteiger partial charge in [0.05, 0.1) is 10.8 Å². The molecule has 0 N–H and O–H groups in total. The normalized spacial score (nSPS) is 12.3. The predicted molar refractivity (Wildman–Crippen MR) is 121 cm³/mol. The van der Waals surface area contributed by atoms with E-state index >= 15 is 0 Å². The lowest BCUT2D eigenvalue weighted by atomic mass is 10.1. The number of nitrogens with zero attached hydrogens (tertiary/aromatic N) is 3. The van der Waals surface area contributed by atoms with Crippen LogP contribution in [0.3, 0.4) is 0 Å².